The number of ether oxygens (including phenoxy) is 5. The zero-order valence-corrected chi connectivity index (χ0v) is 23.6. The molecule has 7 nitrogen and oxygen atoms in total. The van der Waals surface area contributed by atoms with E-state index in [1.54, 1.807) is 0 Å². The summed E-state index contributed by atoms with van der Waals surface area (Å²) in [6.45, 7) is 11.7. The van der Waals surface area contributed by atoms with E-state index in [2.05, 4.69) is 13.2 Å². The molecule has 0 aliphatic carbocycles. The van der Waals surface area contributed by atoms with Crippen molar-refractivity contribution in [3.05, 3.63) is 132 Å². The fourth-order valence-corrected chi connectivity index (χ4v) is 4.18. The van der Waals surface area contributed by atoms with Gasteiger partial charge >= 0.3 is 11.9 Å². The molecule has 0 unspecified atom stereocenters. The van der Waals surface area contributed by atoms with Crippen LogP contribution in [0.25, 0.3) is 0 Å². The van der Waals surface area contributed by atoms with Crippen LogP contribution in [-0.4, -0.2) is 43.0 Å². The van der Waals surface area contributed by atoms with Crippen molar-refractivity contribution < 1.29 is 33.3 Å². The van der Waals surface area contributed by atoms with Crippen molar-refractivity contribution in [1.29, 1.82) is 0 Å². The van der Waals surface area contributed by atoms with Gasteiger partial charge in [0.05, 0.1) is 26.4 Å². The number of esters is 2. The Morgan fingerprint density at radius 1 is 0.707 bits per heavy atom. The van der Waals surface area contributed by atoms with Crippen LogP contribution < -0.4 is 0 Å². The number of carbonyl (C=O) groups excluding carboxylic acids is 2. The summed E-state index contributed by atoms with van der Waals surface area (Å²) in [6, 6.07) is 29.1. The molecule has 0 saturated carbocycles. The lowest BCUT2D eigenvalue weighted by Gasteiger charge is -2.34. The largest absolute Gasteiger partial charge is 0.455 e. The Hall–Kier alpha value is -4.04. The lowest BCUT2D eigenvalue weighted by atomic mass is 9.96. The van der Waals surface area contributed by atoms with Crippen LogP contribution in [0.1, 0.15) is 30.5 Å². The molecular weight excluding hydrogens is 520 g/mol. The van der Waals surface area contributed by atoms with Crippen molar-refractivity contribution in [2.75, 3.05) is 6.61 Å². The Labute approximate surface area is 242 Å². The van der Waals surface area contributed by atoms with Gasteiger partial charge in [-0.15, -0.1) is 0 Å². The van der Waals surface area contributed by atoms with Crippen LogP contribution >= 0.6 is 0 Å². The van der Waals surface area contributed by atoms with E-state index in [0.717, 1.165) is 16.7 Å². The van der Waals surface area contributed by atoms with Crippen molar-refractivity contribution in [2.24, 2.45) is 0 Å². The molecule has 7 heteroatoms. The molecule has 0 bridgehead atoms. The quantitative estimate of drug-likeness (QED) is 0.149. The predicted molar refractivity (Wildman–Crippen MR) is 157 cm³/mol. The van der Waals surface area contributed by atoms with Gasteiger partial charge in [-0.1, -0.05) is 104 Å². The average Bonchev–Trinajstić information content (AvgIpc) is 2.98. The molecule has 0 N–H and O–H groups in total. The highest BCUT2D eigenvalue weighted by molar-refractivity contribution is 5.67. The Kier molecular flexibility index (Phi) is 13.0. The summed E-state index contributed by atoms with van der Waals surface area (Å²) in [5.41, 5.74) is 3.35. The number of benzene rings is 3. The first kappa shape index (κ1) is 31.5. The van der Waals surface area contributed by atoms with E-state index < -0.39 is 36.4 Å². The molecule has 0 aliphatic rings. The second-order valence-corrected chi connectivity index (χ2v) is 9.46. The third-order valence-corrected chi connectivity index (χ3v) is 6.18. The lowest BCUT2D eigenvalue weighted by molar-refractivity contribution is -0.173. The second-order valence-electron chi connectivity index (χ2n) is 9.46. The summed E-state index contributed by atoms with van der Waals surface area (Å²) >= 11 is 0. The van der Waals surface area contributed by atoms with Gasteiger partial charge in [0, 0.05) is 13.8 Å². The van der Waals surface area contributed by atoms with Crippen molar-refractivity contribution in [1.82, 2.24) is 0 Å². The first-order valence-electron chi connectivity index (χ1n) is 13.5. The summed E-state index contributed by atoms with van der Waals surface area (Å²) in [5, 5.41) is 0. The Balaban J connectivity index is 1.91. The zero-order chi connectivity index (χ0) is 29.5. The Morgan fingerprint density at radius 2 is 1.17 bits per heavy atom. The normalized spacial score (nSPS) is 13.8. The number of carbonyl (C=O) groups is 2. The van der Waals surface area contributed by atoms with Crippen LogP contribution in [-0.2, 0) is 53.1 Å². The van der Waals surface area contributed by atoms with Crippen LogP contribution in [0.4, 0.5) is 0 Å². The van der Waals surface area contributed by atoms with Gasteiger partial charge in [0.15, 0.2) is 12.2 Å². The Morgan fingerprint density at radius 3 is 1.63 bits per heavy atom. The van der Waals surface area contributed by atoms with Gasteiger partial charge < -0.3 is 23.7 Å². The maximum absolute atomic E-state index is 12.2. The maximum atomic E-state index is 12.2. The monoisotopic (exact) mass is 558 g/mol. The minimum absolute atomic E-state index is 0.158. The molecule has 41 heavy (non-hydrogen) atoms. The molecule has 3 aromatic carbocycles. The van der Waals surface area contributed by atoms with E-state index >= 15 is 0 Å². The number of hydrogen-bond acceptors (Lipinski definition) is 7. The minimum atomic E-state index is -1.07. The molecule has 0 fully saturated rings. The average molecular weight is 559 g/mol. The van der Waals surface area contributed by atoms with E-state index in [0.29, 0.717) is 12.2 Å². The van der Waals surface area contributed by atoms with Crippen molar-refractivity contribution in [2.45, 2.75) is 58.1 Å². The minimum Gasteiger partial charge on any atom is -0.455 e. The third kappa shape index (κ3) is 10.8. The van der Waals surface area contributed by atoms with Gasteiger partial charge in [0.25, 0.3) is 0 Å². The standard InChI is InChI=1S/C34H38O7/c1-5-31(40-26(3)35)34(41-27(4)36)33(39-23-30-19-13-8-14-20-30)25(2)32(38-22-29-17-11-7-12-18-29)24-37-21-28-15-9-6-10-16-28/h5-20,31-34H,1-2,21-24H2,3-4H3/t31-,32-,33+,34+/m1/s1. The summed E-state index contributed by atoms with van der Waals surface area (Å²) in [6.07, 6.45) is -2.23. The first-order valence-corrected chi connectivity index (χ1v) is 13.5. The SMILES string of the molecule is C=C[C@@H](OC(C)=O)[C@H](OC(C)=O)[C@@H](OCc1ccccc1)C(=C)[C@@H](COCc1ccccc1)OCc1ccccc1. The Bertz CT molecular complexity index is 1230. The summed E-state index contributed by atoms with van der Waals surface area (Å²) in [5.74, 6) is -1.13. The van der Waals surface area contributed by atoms with Crippen molar-refractivity contribution >= 4 is 11.9 Å². The van der Waals surface area contributed by atoms with Crippen LogP contribution in [0, 0.1) is 0 Å². The molecule has 216 valence electrons. The van der Waals surface area contributed by atoms with Crippen LogP contribution in [0.5, 0.6) is 0 Å². The molecule has 0 heterocycles. The highest BCUT2D eigenvalue weighted by atomic mass is 16.6. The van der Waals surface area contributed by atoms with Crippen LogP contribution in [0.2, 0.25) is 0 Å². The van der Waals surface area contributed by atoms with Gasteiger partial charge in [0.1, 0.15) is 12.2 Å². The fourth-order valence-electron chi connectivity index (χ4n) is 4.18. The van der Waals surface area contributed by atoms with Crippen molar-refractivity contribution in [3.8, 4) is 0 Å². The summed E-state index contributed by atoms with van der Waals surface area (Å²) in [7, 11) is 0. The zero-order valence-electron chi connectivity index (χ0n) is 23.6. The van der Waals surface area contributed by atoms with E-state index in [9.17, 15) is 9.59 Å². The van der Waals surface area contributed by atoms with E-state index in [-0.39, 0.29) is 19.8 Å². The van der Waals surface area contributed by atoms with Gasteiger partial charge in [-0.25, -0.2) is 0 Å². The molecule has 0 aliphatic heterocycles. The molecule has 0 amide bonds. The second kappa shape index (κ2) is 16.9. The van der Waals surface area contributed by atoms with Gasteiger partial charge in [-0.3, -0.25) is 9.59 Å². The van der Waals surface area contributed by atoms with Gasteiger partial charge in [-0.05, 0) is 28.3 Å². The predicted octanol–water partition coefficient (Wildman–Crippen LogP) is 5.98. The first-order chi connectivity index (χ1) is 19.9. The summed E-state index contributed by atoms with van der Waals surface area (Å²) < 4.78 is 29.9. The van der Waals surface area contributed by atoms with Crippen LogP contribution in [0.15, 0.2) is 116 Å². The van der Waals surface area contributed by atoms with Gasteiger partial charge in [0.2, 0.25) is 0 Å². The lowest BCUT2D eigenvalue weighted by Crippen LogP contribution is -2.47. The molecule has 0 aromatic heterocycles. The summed E-state index contributed by atoms with van der Waals surface area (Å²) in [4.78, 5) is 24.2. The van der Waals surface area contributed by atoms with E-state index in [1.165, 1.54) is 19.9 Å². The molecule has 0 radical (unpaired) electrons. The van der Waals surface area contributed by atoms with E-state index in [4.69, 9.17) is 23.7 Å². The molecule has 4 atom stereocenters. The van der Waals surface area contributed by atoms with Crippen molar-refractivity contribution in [3.63, 3.8) is 0 Å². The maximum Gasteiger partial charge on any atom is 0.303 e. The molecular formula is C34H38O7. The van der Waals surface area contributed by atoms with E-state index in [1.807, 2.05) is 91.0 Å². The smallest absolute Gasteiger partial charge is 0.303 e. The van der Waals surface area contributed by atoms with Gasteiger partial charge in [-0.2, -0.15) is 0 Å². The number of rotatable bonds is 17. The molecule has 3 aromatic rings. The molecule has 3 rings (SSSR count). The third-order valence-electron chi connectivity index (χ3n) is 6.18. The fraction of sp³-hybridized carbons (Fsp3) is 0.294. The highest BCUT2D eigenvalue weighted by Gasteiger charge is 2.38. The number of hydrogen-bond donors (Lipinski definition) is 0. The van der Waals surface area contributed by atoms with Crippen LogP contribution in [0.3, 0.4) is 0 Å². The molecule has 0 spiro atoms. The molecule has 0 saturated heterocycles. The highest BCUT2D eigenvalue weighted by Crippen LogP contribution is 2.26. The topological polar surface area (TPSA) is 80.3 Å².